The van der Waals surface area contributed by atoms with Gasteiger partial charge in [0.2, 0.25) is 17.7 Å². The van der Waals surface area contributed by atoms with Crippen molar-refractivity contribution >= 4 is 35.6 Å². The number of imidazole rings is 2. The second-order valence-electron chi connectivity index (χ2n) is 15.3. The van der Waals surface area contributed by atoms with E-state index in [1.807, 2.05) is 56.9 Å². The number of hydrogen-bond donors (Lipinski definition) is 4. The molecule has 0 bridgehead atoms. The van der Waals surface area contributed by atoms with Crippen LogP contribution < -0.4 is 15.5 Å². The van der Waals surface area contributed by atoms with Crippen molar-refractivity contribution in [1.82, 2.24) is 40.4 Å². The highest BCUT2D eigenvalue weighted by atomic mass is 16.5. The quantitative estimate of drug-likeness (QED) is 0.212. The van der Waals surface area contributed by atoms with Crippen LogP contribution in [0.4, 0.5) is 15.3 Å². The molecule has 0 spiro atoms. The van der Waals surface area contributed by atoms with Gasteiger partial charge in [-0.25, -0.2) is 19.6 Å². The molecular weight excluding hydrogens is 706 g/mol. The van der Waals surface area contributed by atoms with Crippen LogP contribution in [0.1, 0.15) is 102 Å². The summed E-state index contributed by atoms with van der Waals surface area (Å²) in [5, 5.41) is 5.36. The monoisotopic (exact) mass is 759 g/mol. The number of H-pyrrole nitrogens is 2. The molecule has 2 aromatic heterocycles. The lowest BCUT2D eigenvalue weighted by molar-refractivity contribution is -0.136. The zero-order valence-corrected chi connectivity index (χ0v) is 32.5. The predicted octanol–water partition coefficient (Wildman–Crippen LogP) is 4.80. The Hall–Kier alpha value is -5.41. The number of carbonyl (C=O) groups excluding carboxylic acids is 5. The van der Waals surface area contributed by atoms with Gasteiger partial charge in [0.15, 0.2) is 0 Å². The van der Waals surface area contributed by atoms with E-state index in [9.17, 15) is 24.0 Å². The average molecular weight is 760 g/mol. The van der Waals surface area contributed by atoms with E-state index in [1.165, 1.54) is 14.2 Å². The van der Waals surface area contributed by atoms with Crippen LogP contribution in [0.2, 0.25) is 0 Å². The lowest BCUT2D eigenvalue weighted by atomic mass is 9.93. The Morgan fingerprint density at radius 1 is 0.745 bits per heavy atom. The van der Waals surface area contributed by atoms with Gasteiger partial charge in [0.25, 0.3) is 0 Å². The molecule has 1 aromatic carbocycles. The minimum absolute atomic E-state index is 0.0164. The van der Waals surface area contributed by atoms with Gasteiger partial charge in [0.1, 0.15) is 23.7 Å². The molecule has 3 saturated heterocycles. The zero-order chi connectivity index (χ0) is 39.4. The van der Waals surface area contributed by atoms with E-state index < -0.39 is 24.3 Å². The number of nitrogens with zero attached hydrogens (tertiary/aromatic N) is 5. The number of rotatable bonds is 11. The van der Waals surface area contributed by atoms with Gasteiger partial charge in [0, 0.05) is 49.6 Å². The Kier molecular flexibility index (Phi) is 12.1. The van der Waals surface area contributed by atoms with Gasteiger partial charge < -0.3 is 44.8 Å². The van der Waals surface area contributed by atoms with Crippen LogP contribution in [-0.2, 0) is 23.9 Å². The van der Waals surface area contributed by atoms with Gasteiger partial charge in [-0.05, 0) is 61.6 Å². The maximum atomic E-state index is 13.5. The van der Waals surface area contributed by atoms with E-state index in [-0.39, 0.29) is 47.6 Å². The number of piperidine rings is 1. The second-order valence-corrected chi connectivity index (χ2v) is 15.3. The highest BCUT2D eigenvalue weighted by Crippen LogP contribution is 2.36. The first-order valence-electron chi connectivity index (χ1n) is 19.2. The molecule has 0 aliphatic carbocycles. The van der Waals surface area contributed by atoms with Crippen molar-refractivity contribution in [3.63, 3.8) is 0 Å². The SMILES string of the molecule is COC(=O)N[C@H](C(=O)N1CCC[C@H]1c1ncc(-c2ccc(N3CCC(c4cnc([C@@H]5CCCN5C(=O)[C@@H](NC(=O)OC)C(C)C)[nH]4)CC3=O)cc2)[nH]1)C(C)C. The van der Waals surface area contributed by atoms with Crippen LogP contribution >= 0.6 is 0 Å². The molecular formula is C39H53N9O7. The van der Waals surface area contributed by atoms with Crippen LogP contribution in [-0.4, -0.2) is 106 Å². The molecule has 5 heterocycles. The summed E-state index contributed by atoms with van der Waals surface area (Å²) in [6.45, 7) is 9.23. The Morgan fingerprint density at radius 3 is 1.78 bits per heavy atom. The maximum Gasteiger partial charge on any atom is 0.407 e. The van der Waals surface area contributed by atoms with Gasteiger partial charge in [0.05, 0.1) is 38.2 Å². The molecule has 5 amide bonds. The fraction of sp³-hybridized carbons (Fsp3) is 0.564. The minimum Gasteiger partial charge on any atom is -0.453 e. The Bertz CT molecular complexity index is 1850. The molecule has 3 aliphatic heterocycles. The Labute approximate surface area is 321 Å². The molecule has 16 heteroatoms. The molecule has 1 unspecified atom stereocenters. The fourth-order valence-corrected chi connectivity index (χ4v) is 7.96. The summed E-state index contributed by atoms with van der Waals surface area (Å²) >= 11 is 0. The molecule has 5 atom stereocenters. The van der Waals surface area contributed by atoms with Crippen molar-refractivity contribution in [2.75, 3.05) is 38.8 Å². The summed E-state index contributed by atoms with van der Waals surface area (Å²) in [5.41, 5.74) is 3.39. The molecule has 0 saturated carbocycles. The number of hydrogen-bond acceptors (Lipinski definition) is 9. The van der Waals surface area contributed by atoms with E-state index in [1.54, 1.807) is 22.2 Å². The zero-order valence-electron chi connectivity index (χ0n) is 32.5. The first-order valence-corrected chi connectivity index (χ1v) is 19.2. The smallest absolute Gasteiger partial charge is 0.407 e. The van der Waals surface area contributed by atoms with Gasteiger partial charge in [-0.15, -0.1) is 0 Å². The molecule has 0 radical (unpaired) electrons. The average Bonchev–Trinajstić information content (AvgIpc) is 4.02. The van der Waals surface area contributed by atoms with Crippen LogP contribution in [0.15, 0.2) is 36.7 Å². The van der Waals surface area contributed by atoms with Crippen molar-refractivity contribution < 1.29 is 33.4 Å². The third kappa shape index (κ3) is 8.47. The lowest BCUT2D eigenvalue weighted by Crippen LogP contribution is -2.51. The summed E-state index contributed by atoms with van der Waals surface area (Å²) in [7, 11) is 2.56. The molecule has 55 heavy (non-hydrogen) atoms. The van der Waals surface area contributed by atoms with E-state index in [0.717, 1.165) is 54.7 Å². The number of aromatic nitrogens is 4. The maximum absolute atomic E-state index is 13.5. The van der Waals surface area contributed by atoms with Gasteiger partial charge in [-0.3, -0.25) is 14.4 Å². The molecule has 3 fully saturated rings. The number of methoxy groups -OCH3 is 2. The van der Waals surface area contributed by atoms with E-state index in [4.69, 9.17) is 9.47 Å². The summed E-state index contributed by atoms with van der Waals surface area (Å²) < 4.78 is 9.49. The predicted molar refractivity (Wildman–Crippen MR) is 203 cm³/mol. The van der Waals surface area contributed by atoms with Gasteiger partial charge >= 0.3 is 12.2 Å². The number of aromatic amines is 2. The van der Waals surface area contributed by atoms with Crippen LogP contribution in [0.25, 0.3) is 11.3 Å². The number of amides is 5. The van der Waals surface area contributed by atoms with E-state index in [0.29, 0.717) is 37.7 Å². The summed E-state index contributed by atoms with van der Waals surface area (Å²) in [6, 6.07) is 5.89. The van der Waals surface area contributed by atoms with E-state index >= 15 is 0 Å². The Balaban J connectivity index is 1.07. The van der Waals surface area contributed by atoms with Crippen molar-refractivity contribution in [1.29, 1.82) is 0 Å². The van der Waals surface area contributed by atoms with Crippen LogP contribution in [0.5, 0.6) is 0 Å². The van der Waals surface area contributed by atoms with Gasteiger partial charge in [-0.2, -0.15) is 0 Å². The highest BCUT2D eigenvalue weighted by Gasteiger charge is 2.39. The third-order valence-electron chi connectivity index (χ3n) is 11.0. The number of ether oxygens (including phenoxy) is 2. The molecule has 16 nitrogen and oxygen atoms in total. The normalized spacial score (nSPS) is 21.2. The fourth-order valence-electron chi connectivity index (χ4n) is 7.96. The van der Waals surface area contributed by atoms with Crippen molar-refractivity contribution in [2.45, 2.75) is 96.3 Å². The number of likely N-dealkylation sites (tertiary alicyclic amines) is 2. The first kappa shape index (κ1) is 39.3. The topological polar surface area (TPSA) is 195 Å². The van der Waals surface area contributed by atoms with Gasteiger partial charge in [-0.1, -0.05) is 39.8 Å². The third-order valence-corrected chi connectivity index (χ3v) is 11.0. The lowest BCUT2D eigenvalue weighted by Gasteiger charge is -2.31. The van der Waals surface area contributed by atoms with Crippen molar-refractivity contribution in [3.05, 3.63) is 54.0 Å². The van der Waals surface area contributed by atoms with Crippen molar-refractivity contribution in [2.24, 2.45) is 11.8 Å². The standard InChI is InChI=1S/C39H53N9O7/c1-22(2)32(44-38(52)54-5)36(50)47-16-7-9-29(47)34-40-20-27(42-34)24-11-13-26(14-12-24)46-18-15-25(19-31(46)49)28-21-41-35(43-28)30-10-8-17-48(30)37(51)33(23(3)4)45-39(53)55-6/h11-14,20-23,25,29-30,32-33H,7-10,15-19H2,1-6H3,(H,40,42)(H,41,43)(H,44,52)(H,45,53)/t25?,29-,30-,32-,33-/m0/s1. The molecule has 296 valence electrons. The van der Waals surface area contributed by atoms with Crippen LogP contribution in [0.3, 0.4) is 0 Å². The first-order chi connectivity index (χ1) is 26.4. The summed E-state index contributed by atoms with van der Waals surface area (Å²) in [4.78, 5) is 86.0. The number of alkyl carbamates (subject to hydrolysis) is 2. The largest absolute Gasteiger partial charge is 0.453 e. The second kappa shape index (κ2) is 16.9. The molecule has 4 N–H and O–H groups in total. The molecule has 3 aromatic rings. The molecule has 3 aliphatic rings. The Morgan fingerprint density at radius 2 is 1.27 bits per heavy atom. The van der Waals surface area contributed by atoms with E-state index in [2.05, 4.69) is 30.6 Å². The van der Waals surface area contributed by atoms with Crippen molar-refractivity contribution in [3.8, 4) is 11.3 Å². The summed E-state index contributed by atoms with van der Waals surface area (Å²) in [5.74, 6) is 0.791. The highest BCUT2D eigenvalue weighted by molar-refractivity contribution is 5.95. The summed E-state index contributed by atoms with van der Waals surface area (Å²) in [6.07, 6.45) is 6.49. The number of nitrogens with one attached hydrogen (secondary N) is 4. The van der Waals surface area contributed by atoms with Crippen LogP contribution in [0, 0.1) is 11.8 Å². The number of benzene rings is 1. The number of carbonyl (C=O) groups is 5. The molecule has 6 rings (SSSR count). The number of anilines is 1. The minimum atomic E-state index is -0.711.